The molecule has 15 heavy (non-hydrogen) atoms. The molecule has 81 valence electrons. The van der Waals surface area contributed by atoms with Crippen LogP contribution < -0.4 is 0 Å². The molecule has 0 atom stereocenters. The number of aldehydes is 1. The summed E-state index contributed by atoms with van der Waals surface area (Å²) < 4.78 is 0. The van der Waals surface area contributed by atoms with Gasteiger partial charge >= 0.3 is 5.97 Å². The first-order chi connectivity index (χ1) is 7.20. The van der Waals surface area contributed by atoms with Crippen LogP contribution in [0.25, 0.3) is 0 Å². The van der Waals surface area contributed by atoms with Gasteiger partial charge in [0, 0.05) is 5.56 Å². The zero-order valence-electron chi connectivity index (χ0n) is 8.81. The molecule has 3 heteroatoms. The van der Waals surface area contributed by atoms with Gasteiger partial charge in [0.1, 0.15) is 6.29 Å². The summed E-state index contributed by atoms with van der Waals surface area (Å²) in [5, 5.41) is 9.65. The van der Waals surface area contributed by atoms with Gasteiger partial charge in [-0.3, -0.25) is 4.79 Å². The van der Waals surface area contributed by atoms with Crippen LogP contribution in [0.5, 0.6) is 0 Å². The normalized spacial score (nSPS) is 8.60. The van der Waals surface area contributed by atoms with Crippen molar-refractivity contribution in [2.24, 2.45) is 0 Å². The van der Waals surface area contributed by atoms with E-state index in [-0.39, 0.29) is 6.42 Å². The highest BCUT2D eigenvalue weighted by atomic mass is 16.4. The molecule has 0 aliphatic heterocycles. The van der Waals surface area contributed by atoms with Gasteiger partial charge in [0.25, 0.3) is 0 Å². The van der Waals surface area contributed by atoms with Crippen molar-refractivity contribution in [3.63, 3.8) is 0 Å². The molecule has 3 nitrogen and oxygen atoms in total. The smallest absolute Gasteiger partial charge is 0.298 e. The molecule has 0 aliphatic carbocycles. The zero-order valence-corrected chi connectivity index (χ0v) is 8.81. The minimum Gasteiger partial charge on any atom is -0.298 e. The van der Waals surface area contributed by atoms with E-state index < -0.39 is 5.97 Å². The monoisotopic (exact) mass is 207 g/mol. The maximum absolute atomic E-state index is 10.0. The number of benzene rings is 1. The number of hydrogen-bond donors (Lipinski definition) is 0. The third-order valence-corrected chi connectivity index (χ3v) is 1.67. The Labute approximate surface area is 89.7 Å². The van der Waals surface area contributed by atoms with E-state index in [9.17, 15) is 14.7 Å². The number of hydrogen-bond acceptors (Lipinski definition) is 2. The Bertz CT molecular complexity index is 280. The van der Waals surface area contributed by atoms with Crippen LogP contribution in [0.15, 0.2) is 30.3 Å². The van der Waals surface area contributed by atoms with Gasteiger partial charge in [-0.1, -0.05) is 43.7 Å². The first-order valence-corrected chi connectivity index (χ1v) is 4.90. The second-order valence-corrected chi connectivity index (χ2v) is 3.00. The Morgan fingerprint density at radius 2 is 1.87 bits per heavy atom. The van der Waals surface area contributed by atoms with Gasteiger partial charge in [-0.25, -0.2) is 9.90 Å². The molecule has 0 spiro atoms. The predicted molar refractivity (Wildman–Crippen MR) is 57.0 cm³/mol. The van der Waals surface area contributed by atoms with Gasteiger partial charge in [0.15, 0.2) is 0 Å². The van der Waals surface area contributed by atoms with Gasteiger partial charge in [-0.2, -0.15) is 0 Å². The number of rotatable bonds is 4. The molecule has 1 aromatic rings. The van der Waals surface area contributed by atoms with Crippen LogP contribution in [-0.2, 0) is 9.90 Å². The lowest BCUT2D eigenvalue weighted by molar-refractivity contribution is -0.143. The molecule has 0 aliphatic rings. The van der Waals surface area contributed by atoms with Crippen LogP contribution >= 0.6 is 0 Å². The molecule has 1 aromatic carbocycles. The third kappa shape index (κ3) is 8.68. The quantitative estimate of drug-likeness (QED) is 0.712. The van der Waals surface area contributed by atoms with E-state index in [0.717, 1.165) is 24.7 Å². The largest absolute Gasteiger partial charge is 0.355 e. The molecule has 0 unspecified atom stereocenters. The van der Waals surface area contributed by atoms with Crippen molar-refractivity contribution in [1.82, 2.24) is 0 Å². The van der Waals surface area contributed by atoms with Crippen LogP contribution in [0.1, 0.15) is 36.5 Å². The molecule has 1 radical (unpaired) electrons. The van der Waals surface area contributed by atoms with E-state index in [1.165, 1.54) is 0 Å². The summed E-state index contributed by atoms with van der Waals surface area (Å²) in [7, 11) is 0. The minimum absolute atomic E-state index is 0.205. The highest BCUT2D eigenvalue weighted by molar-refractivity contribution is 5.74. The number of carbonyl (C=O) groups excluding carboxylic acids is 2. The third-order valence-electron chi connectivity index (χ3n) is 1.67. The van der Waals surface area contributed by atoms with Crippen LogP contribution in [0.4, 0.5) is 0 Å². The van der Waals surface area contributed by atoms with Crippen LogP contribution in [0, 0.1) is 0 Å². The molecule has 0 saturated heterocycles. The Morgan fingerprint density at radius 3 is 2.13 bits per heavy atom. The van der Waals surface area contributed by atoms with Gasteiger partial charge in [-0.05, 0) is 6.42 Å². The van der Waals surface area contributed by atoms with Crippen molar-refractivity contribution in [3.05, 3.63) is 35.9 Å². The topological polar surface area (TPSA) is 54.0 Å². The second-order valence-electron chi connectivity index (χ2n) is 3.00. The van der Waals surface area contributed by atoms with E-state index in [2.05, 4.69) is 0 Å². The zero-order chi connectivity index (χ0) is 11.5. The average Bonchev–Trinajstić information content (AvgIpc) is 2.28. The summed E-state index contributed by atoms with van der Waals surface area (Å²) in [4.78, 5) is 19.7. The van der Waals surface area contributed by atoms with E-state index in [1.54, 1.807) is 12.1 Å². The molecule has 0 amide bonds. The van der Waals surface area contributed by atoms with Crippen molar-refractivity contribution in [3.8, 4) is 0 Å². The highest BCUT2D eigenvalue weighted by Gasteiger charge is 1.94. The van der Waals surface area contributed by atoms with Crippen molar-refractivity contribution in [1.29, 1.82) is 0 Å². The van der Waals surface area contributed by atoms with Crippen LogP contribution in [-0.4, -0.2) is 12.3 Å². The van der Waals surface area contributed by atoms with Gasteiger partial charge < -0.3 is 0 Å². The number of unbranched alkanes of at least 4 members (excludes halogenated alkanes) is 1. The van der Waals surface area contributed by atoms with Gasteiger partial charge in [0.2, 0.25) is 0 Å². The fraction of sp³-hybridized carbons (Fsp3) is 0.333. The molecule has 0 aromatic heterocycles. The molecule has 0 heterocycles. The fourth-order valence-corrected chi connectivity index (χ4v) is 0.853. The maximum Gasteiger partial charge on any atom is 0.355 e. The first-order valence-electron chi connectivity index (χ1n) is 4.90. The summed E-state index contributed by atoms with van der Waals surface area (Å²) in [5.74, 6) is -0.943. The maximum atomic E-state index is 10.0. The predicted octanol–water partition coefficient (Wildman–Crippen LogP) is 2.63. The van der Waals surface area contributed by atoms with Crippen molar-refractivity contribution in [2.45, 2.75) is 26.2 Å². The van der Waals surface area contributed by atoms with E-state index in [0.29, 0.717) is 0 Å². The molecule has 1 rings (SSSR count). The minimum atomic E-state index is -0.943. The molecular formula is C12H15O3. The molecule has 0 fully saturated rings. The van der Waals surface area contributed by atoms with Crippen molar-refractivity contribution in [2.75, 3.05) is 0 Å². The lowest BCUT2D eigenvalue weighted by atomic mass is 10.2. The summed E-state index contributed by atoms with van der Waals surface area (Å²) in [6, 6.07) is 9.10. The lowest BCUT2D eigenvalue weighted by Crippen LogP contribution is -1.89. The Hall–Kier alpha value is -1.64. The Kier molecular flexibility index (Phi) is 7.96. The van der Waals surface area contributed by atoms with E-state index in [1.807, 2.05) is 25.1 Å². The van der Waals surface area contributed by atoms with Crippen LogP contribution in [0.3, 0.4) is 0 Å². The Morgan fingerprint density at radius 1 is 1.27 bits per heavy atom. The Balaban J connectivity index is 0.000000265. The van der Waals surface area contributed by atoms with E-state index >= 15 is 0 Å². The van der Waals surface area contributed by atoms with Gasteiger partial charge in [0.05, 0.1) is 6.42 Å². The molecule has 0 saturated carbocycles. The first kappa shape index (κ1) is 13.4. The molecule has 0 N–H and O–H groups in total. The SMILES string of the molecule is CCCCC([O])=O.O=Cc1ccccc1. The summed E-state index contributed by atoms with van der Waals surface area (Å²) >= 11 is 0. The highest BCUT2D eigenvalue weighted by Crippen LogP contribution is 1.92. The van der Waals surface area contributed by atoms with Crippen molar-refractivity contribution < 1.29 is 14.7 Å². The standard InChI is InChI=1S/C7H6O.C5H9O2/c8-6-7-4-2-1-3-5-7;1-2-3-4-5(6)7/h1-6H;2-4H2,1H3. The molecular weight excluding hydrogens is 192 g/mol. The summed E-state index contributed by atoms with van der Waals surface area (Å²) in [6.45, 7) is 1.95. The van der Waals surface area contributed by atoms with Crippen LogP contribution in [0.2, 0.25) is 0 Å². The van der Waals surface area contributed by atoms with Gasteiger partial charge in [-0.15, -0.1) is 0 Å². The molecule has 0 bridgehead atoms. The fourth-order valence-electron chi connectivity index (χ4n) is 0.853. The van der Waals surface area contributed by atoms with E-state index in [4.69, 9.17) is 0 Å². The summed E-state index contributed by atoms with van der Waals surface area (Å²) in [6.07, 6.45) is 2.70. The van der Waals surface area contributed by atoms with Crippen molar-refractivity contribution >= 4 is 12.3 Å². The second kappa shape index (κ2) is 8.94. The summed E-state index contributed by atoms with van der Waals surface area (Å²) in [5.41, 5.74) is 0.729. The number of carbonyl (C=O) groups is 2. The lowest BCUT2D eigenvalue weighted by Gasteiger charge is -1.82. The average molecular weight is 207 g/mol.